The van der Waals surface area contributed by atoms with Gasteiger partial charge in [0.2, 0.25) is 11.7 Å². The lowest BCUT2D eigenvalue weighted by molar-refractivity contribution is -0.384. The van der Waals surface area contributed by atoms with Gasteiger partial charge < -0.3 is 0 Å². The molecule has 0 bridgehead atoms. The van der Waals surface area contributed by atoms with Crippen LogP contribution in [0.2, 0.25) is 0 Å². The van der Waals surface area contributed by atoms with Crippen LogP contribution in [-0.2, 0) is 9.59 Å². The van der Waals surface area contributed by atoms with E-state index in [1.54, 1.807) is 13.0 Å². The first-order valence-electron chi connectivity index (χ1n) is 6.44. The second-order valence-corrected chi connectivity index (χ2v) is 6.13. The smallest absolute Gasteiger partial charge is 0.291 e. The number of aryl methyl sites for hydroxylation is 1. The number of rotatable bonds is 4. The quantitative estimate of drug-likeness (QED) is 0.623. The maximum absolute atomic E-state index is 12.1. The van der Waals surface area contributed by atoms with E-state index in [-0.39, 0.29) is 34.9 Å². The largest absolute Gasteiger partial charge is 0.312 e. The van der Waals surface area contributed by atoms with Gasteiger partial charge in [-0.2, -0.15) is 0 Å². The molecule has 0 N–H and O–H groups in total. The van der Waals surface area contributed by atoms with Gasteiger partial charge in [0.25, 0.3) is 0 Å². The Morgan fingerprint density at radius 3 is 2.90 bits per heavy atom. The van der Waals surface area contributed by atoms with E-state index in [2.05, 4.69) is 4.98 Å². The Morgan fingerprint density at radius 1 is 1.57 bits per heavy atom. The Kier molecular flexibility index (Phi) is 4.56. The normalized spacial score (nSPS) is 18.1. The van der Waals surface area contributed by atoms with E-state index in [9.17, 15) is 19.7 Å². The first kappa shape index (κ1) is 15.4. The molecule has 21 heavy (non-hydrogen) atoms. The van der Waals surface area contributed by atoms with Gasteiger partial charge in [-0.3, -0.25) is 24.6 Å². The monoisotopic (exact) mass is 309 g/mol. The van der Waals surface area contributed by atoms with E-state index in [0.29, 0.717) is 18.0 Å². The molecule has 1 aliphatic rings. The van der Waals surface area contributed by atoms with Gasteiger partial charge in [0.1, 0.15) is 0 Å². The van der Waals surface area contributed by atoms with Crippen LogP contribution in [0.4, 0.5) is 11.5 Å². The zero-order valence-corrected chi connectivity index (χ0v) is 12.6. The van der Waals surface area contributed by atoms with Gasteiger partial charge in [0.05, 0.1) is 4.92 Å². The first-order valence-corrected chi connectivity index (χ1v) is 7.43. The predicted octanol–water partition coefficient (Wildman–Crippen LogP) is 1.93. The standard InChI is InChI=1S/C13H15N3O4S/c1-8-3-4-11(16(19)20)13(14-8)15-6-10(5-12(15)18)7-21-9(2)17/h3-4,10H,5-7H2,1-2H3. The number of nitro groups is 1. The maximum Gasteiger partial charge on any atom is 0.312 e. The van der Waals surface area contributed by atoms with Crippen molar-refractivity contribution in [2.45, 2.75) is 20.3 Å². The Balaban J connectivity index is 2.22. The molecule has 1 atom stereocenters. The third kappa shape index (κ3) is 3.57. The van der Waals surface area contributed by atoms with Crippen molar-refractivity contribution in [2.24, 2.45) is 5.92 Å². The van der Waals surface area contributed by atoms with Crippen molar-refractivity contribution in [1.82, 2.24) is 4.98 Å². The van der Waals surface area contributed by atoms with E-state index in [0.717, 1.165) is 0 Å². The summed E-state index contributed by atoms with van der Waals surface area (Å²) in [5.41, 5.74) is 0.443. The van der Waals surface area contributed by atoms with Crippen LogP contribution < -0.4 is 4.90 Å². The summed E-state index contributed by atoms with van der Waals surface area (Å²) >= 11 is 1.17. The highest BCUT2D eigenvalue weighted by molar-refractivity contribution is 8.13. The van der Waals surface area contributed by atoms with E-state index >= 15 is 0 Å². The third-order valence-electron chi connectivity index (χ3n) is 3.17. The van der Waals surface area contributed by atoms with E-state index in [1.165, 1.54) is 29.7 Å². The molecule has 2 heterocycles. The molecule has 8 heteroatoms. The number of amides is 1. The molecule has 0 radical (unpaired) electrons. The van der Waals surface area contributed by atoms with Crippen LogP contribution >= 0.6 is 11.8 Å². The fraction of sp³-hybridized carbons (Fsp3) is 0.462. The molecule has 7 nitrogen and oxygen atoms in total. The topological polar surface area (TPSA) is 93.4 Å². The molecule has 0 aliphatic carbocycles. The highest BCUT2D eigenvalue weighted by Gasteiger charge is 2.35. The second-order valence-electron chi connectivity index (χ2n) is 4.93. The molecule has 112 valence electrons. The van der Waals surface area contributed by atoms with E-state index in [4.69, 9.17) is 0 Å². The van der Waals surface area contributed by atoms with Crippen LogP contribution in [0.15, 0.2) is 12.1 Å². The molecule has 0 spiro atoms. The van der Waals surface area contributed by atoms with Gasteiger partial charge in [0, 0.05) is 37.4 Å². The number of carbonyl (C=O) groups is 2. The molecule has 0 saturated carbocycles. The average Bonchev–Trinajstić information content (AvgIpc) is 2.77. The van der Waals surface area contributed by atoms with Gasteiger partial charge in [-0.15, -0.1) is 0 Å². The summed E-state index contributed by atoms with van der Waals surface area (Å²) in [4.78, 5) is 39.1. The summed E-state index contributed by atoms with van der Waals surface area (Å²) in [6.45, 7) is 3.55. The number of nitrogens with zero attached hydrogens (tertiary/aromatic N) is 3. The molecule has 2 rings (SSSR count). The van der Waals surface area contributed by atoms with Gasteiger partial charge in [0.15, 0.2) is 5.12 Å². The summed E-state index contributed by atoms with van der Waals surface area (Å²) in [6.07, 6.45) is 0.285. The second kappa shape index (κ2) is 6.21. The highest BCUT2D eigenvalue weighted by Crippen LogP contribution is 2.32. The van der Waals surface area contributed by atoms with Crippen molar-refractivity contribution in [3.63, 3.8) is 0 Å². The Bertz CT molecular complexity index is 605. The van der Waals surface area contributed by atoms with Crippen molar-refractivity contribution in [2.75, 3.05) is 17.2 Å². The lowest BCUT2D eigenvalue weighted by Gasteiger charge is -2.15. The molecule has 1 aromatic heterocycles. The third-order valence-corrected chi connectivity index (χ3v) is 4.22. The van der Waals surface area contributed by atoms with Crippen LogP contribution in [0.5, 0.6) is 0 Å². The minimum atomic E-state index is -0.535. The van der Waals surface area contributed by atoms with E-state index < -0.39 is 4.92 Å². The van der Waals surface area contributed by atoms with Crippen LogP contribution in [0.3, 0.4) is 0 Å². The number of hydrogen-bond donors (Lipinski definition) is 0. The molecular formula is C13H15N3O4S. The van der Waals surface area contributed by atoms with Crippen LogP contribution in [0, 0.1) is 23.0 Å². The van der Waals surface area contributed by atoms with Crippen molar-refractivity contribution < 1.29 is 14.5 Å². The predicted molar refractivity (Wildman–Crippen MR) is 79.2 cm³/mol. The zero-order valence-electron chi connectivity index (χ0n) is 11.7. The van der Waals surface area contributed by atoms with Crippen molar-refractivity contribution >= 4 is 34.3 Å². The zero-order chi connectivity index (χ0) is 15.6. The SMILES string of the molecule is CC(=O)SCC1CC(=O)N(c2nc(C)ccc2[N+](=O)[O-])C1. The molecule has 1 aliphatic heterocycles. The minimum absolute atomic E-state index is 0.000519. The molecule has 1 aromatic rings. The summed E-state index contributed by atoms with van der Waals surface area (Å²) < 4.78 is 0. The number of aromatic nitrogens is 1. The van der Waals surface area contributed by atoms with Crippen molar-refractivity contribution in [3.8, 4) is 0 Å². The number of thioether (sulfide) groups is 1. The highest BCUT2D eigenvalue weighted by atomic mass is 32.2. The molecule has 0 aromatic carbocycles. The summed E-state index contributed by atoms with van der Waals surface area (Å²) in [6, 6.07) is 2.91. The van der Waals surface area contributed by atoms with Gasteiger partial charge in [-0.1, -0.05) is 11.8 Å². The number of carbonyl (C=O) groups excluding carboxylic acids is 2. The Morgan fingerprint density at radius 2 is 2.29 bits per heavy atom. The van der Waals surface area contributed by atoms with Crippen LogP contribution in [0.25, 0.3) is 0 Å². The van der Waals surface area contributed by atoms with Crippen LogP contribution in [0.1, 0.15) is 19.0 Å². The maximum atomic E-state index is 12.1. The fourth-order valence-electron chi connectivity index (χ4n) is 2.21. The first-order chi connectivity index (χ1) is 9.88. The van der Waals surface area contributed by atoms with Gasteiger partial charge in [-0.05, 0) is 18.9 Å². The molecule has 1 saturated heterocycles. The number of anilines is 1. The van der Waals surface area contributed by atoms with E-state index in [1.807, 2.05) is 0 Å². The van der Waals surface area contributed by atoms with Crippen molar-refractivity contribution in [3.05, 3.63) is 27.9 Å². The molecule has 1 unspecified atom stereocenters. The molecule has 1 fully saturated rings. The Hall–Kier alpha value is -1.96. The Labute approximate surface area is 125 Å². The number of hydrogen-bond acceptors (Lipinski definition) is 6. The summed E-state index contributed by atoms with van der Waals surface area (Å²) in [5.74, 6) is 0.455. The average molecular weight is 309 g/mol. The lowest BCUT2D eigenvalue weighted by Crippen LogP contribution is -2.27. The summed E-state index contributed by atoms with van der Waals surface area (Å²) in [5, 5.41) is 11.1. The van der Waals surface area contributed by atoms with Gasteiger partial charge >= 0.3 is 5.69 Å². The molecule has 1 amide bonds. The summed E-state index contributed by atoms with van der Waals surface area (Å²) in [7, 11) is 0. The van der Waals surface area contributed by atoms with Crippen molar-refractivity contribution in [1.29, 1.82) is 0 Å². The molecular weight excluding hydrogens is 294 g/mol. The number of pyridine rings is 1. The fourth-order valence-corrected chi connectivity index (χ4v) is 2.90. The minimum Gasteiger partial charge on any atom is -0.291 e. The van der Waals surface area contributed by atoms with Gasteiger partial charge in [-0.25, -0.2) is 4.98 Å². The lowest BCUT2D eigenvalue weighted by atomic mass is 10.1. The van der Waals surface area contributed by atoms with Crippen LogP contribution in [-0.4, -0.2) is 33.2 Å².